The zero-order valence-corrected chi connectivity index (χ0v) is 12.4. The smallest absolute Gasteiger partial charge is 0.137 e. The van der Waals surface area contributed by atoms with Gasteiger partial charge in [-0.3, -0.25) is 0 Å². The van der Waals surface area contributed by atoms with Crippen LogP contribution in [-0.4, -0.2) is 26.2 Å². The van der Waals surface area contributed by atoms with E-state index in [4.69, 9.17) is 27.9 Å². The van der Waals surface area contributed by atoms with Crippen molar-refractivity contribution in [3.63, 3.8) is 0 Å². The van der Waals surface area contributed by atoms with E-state index in [2.05, 4.69) is 13.8 Å². The number of quaternary nitrogens is 1. The normalized spacial score (nSPS) is 10.2. The summed E-state index contributed by atoms with van der Waals surface area (Å²) in [4.78, 5) is 1.52. The standard InChI is InChI=1S/C12H17Cl2NO.ClH/c1-3-15(4-2)5-6-16-12-8-10(13)7-11(14)9-12;/h7-9H,3-6H2,1-2H3;1H. The summed E-state index contributed by atoms with van der Waals surface area (Å²) < 4.78 is 5.61. The van der Waals surface area contributed by atoms with Crippen molar-refractivity contribution in [1.29, 1.82) is 0 Å². The number of hydrogen-bond donors (Lipinski definition) is 1. The number of rotatable bonds is 6. The fraction of sp³-hybridized carbons (Fsp3) is 0.500. The van der Waals surface area contributed by atoms with Gasteiger partial charge in [-0.2, -0.15) is 0 Å². The van der Waals surface area contributed by atoms with E-state index in [1.807, 2.05) is 0 Å². The largest absolute Gasteiger partial charge is 1.00 e. The van der Waals surface area contributed by atoms with Gasteiger partial charge in [0.25, 0.3) is 0 Å². The molecule has 0 bridgehead atoms. The first-order valence-corrected chi connectivity index (χ1v) is 6.33. The number of ether oxygens (including phenoxy) is 1. The first-order valence-electron chi connectivity index (χ1n) is 5.58. The molecule has 98 valence electrons. The fourth-order valence-electron chi connectivity index (χ4n) is 1.53. The molecule has 0 saturated carbocycles. The molecule has 0 atom stereocenters. The second-order valence-electron chi connectivity index (χ2n) is 3.66. The van der Waals surface area contributed by atoms with Crippen LogP contribution in [0.25, 0.3) is 0 Å². The van der Waals surface area contributed by atoms with Gasteiger partial charge in [-0.05, 0) is 32.0 Å². The molecule has 1 N–H and O–H groups in total. The van der Waals surface area contributed by atoms with E-state index < -0.39 is 0 Å². The highest BCUT2D eigenvalue weighted by Crippen LogP contribution is 2.23. The number of likely N-dealkylation sites (N-methyl/N-ethyl adjacent to an activating group) is 1. The summed E-state index contributed by atoms with van der Waals surface area (Å²) in [6.07, 6.45) is 0. The molecule has 5 heteroatoms. The maximum atomic E-state index is 5.88. The topological polar surface area (TPSA) is 13.7 Å². The SMILES string of the molecule is CC[NH+](CC)CCOc1cc(Cl)cc(Cl)c1.[Cl-]. The van der Waals surface area contributed by atoms with Crippen LogP contribution in [0.3, 0.4) is 0 Å². The highest BCUT2D eigenvalue weighted by molar-refractivity contribution is 6.34. The Hall–Kier alpha value is -0.150. The summed E-state index contributed by atoms with van der Waals surface area (Å²) in [5, 5.41) is 1.22. The Bertz CT molecular complexity index is 309. The van der Waals surface area contributed by atoms with Gasteiger partial charge < -0.3 is 22.0 Å². The van der Waals surface area contributed by atoms with Gasteiger partial charge in [0.15, 0.2) is 0 Å². The Labute approximate surface area is 119 Å². The summed E-state index contributed by atoms with van der Waals surface area (Å²) in [6.45, 7) is 8.28. The predicted molar refractivity (Wildman–Crippen MR) is 68.9 cm³/mol. The predicted octanol–water partition coefficient (Wildman–Crippen LogP) is -0.699. The van der Waals surface area contributed by atoms with Crippen LogP contribution in [-0.2, 0) is 0 Å². The average molecular weight is 299 g/mol. The molecule has 17 heavy (non-hydrogen) atoms. The zero-order valence-electron chi connectivity index (χ0n) is 10.1. The molecule has 0 spiro atoms. The lowest BCUT2D eigenvalue weighted by atomic mass is 10.3. The van der Waals surface area contributed by atoms with Crippen molar-refractivity contribution in [3.8, 4) is 5.75 Å². The molecule has 0 heterocycles. The second-order valence-corrected chi connectivity index (χ2v) is 4.53. The van der Waals surface area contributed by atoms with Crippen LogP contribution in [0.15, 0.2) is 18.2 Å². The maximum absolute atomic E-state index is 5.88. The number of halogens is 3. The van der Waals surface area contributed by atoms with E-state index in [0.717, 1.165) is 25.4 Å². The van der Waals surface area contributed by atoms with Gasteiger partial charge in [0, 0.05) is 10.0 Å². The lowest BCUT2D eigenvalue weighted by molar-refractivity contribution is -0.896. The third-order valence-electron chi connectivity index (χ3n) is 2.56. The molecule has 1 rings (SSSR count). The van der Waals surface area contributed by atoms with Gasteiger partial charge in [-0.25, -0.2) is 0 Å². The van der Waals surface area contributed by atoms with Crippen molar-refractivity contribution < 1.29 is 22.0 Å². The van der Waals surface area contributed by atoms with Crippen LogP contribution < -0.4 is 22.0 Å². The van der Waals surface area contributed by atoms with Crippen molar-refractivity contribution in [2.45, 2.75) is 13.8 Å². The van der Waals surface area contributed by atoms with Gasteiger partial charge in [0.1, 0.15) is 18.9 Å². The minimum Gasteiger partial charge on any atom is -1.00 e. The summed E-state index contributed by atoms with van der Waals surface area (Å²) in [5.41, 5.74) is 0. The zero-order chi connectivity index (χ0) is 12.0. The van der Waals surface area contributed by atoms with E-state index in [1.165, 1.54) is 4.90 Å². The molecule has 0 aliphatic rings. The maximum Gasteiger partial charge on any atom is 0.137 e. The molecule has 1 aromatic rings. The number of nitrogens with one attached hydrogen (secondary N) is 1. The fourth-order valence-corrected chi connectivity index (χ4v) is 2.03. The quantitative estimate of drug-likeness (QED) is 0.733. The number of hydrogen-bond acceptors (Lipinski definition) is 1. The van der Waals surface area contributed by atoms with Crippen LogP contribution in [0.1, 0.15) is 13.8 Å². The van der Waals surface area contributed by atoms with Crippen LogP contribution in [0.5, 0.6) is 5.75 Å². The van der Waals surface area contributed by atoms with E-state index >= 15 is 0 Å². The molecular formula is C12H18Cl3NO. The third kappa shape index (κ3) is 6.37. The Kier molecular flexibility index (Phi) is 8.79. The first-order chi connectivity index (χ1) is 7.65. The van der Waals surface area contributed by atoms with Gasteiger partial charge in [-0.1, -0.05) is 23.2 Å². The highest BCUT2D eigenvalue weighted by Gasteiger charge is 2.03. The molecule has 0 aliphatic heterocycles. The molecule has 0 saturated heterocycles. The molecule has 0 aromatic heterocycles. The van der Waals surface area contributed by atoms with Crippen LogP contribution >= 0.6 is 23.2 Å². The van der Waals surface area contributed by atoms with E-state index in [1.54, 1.807) is 18.2 Å². The van der Waals surface area contributed by atoms with Crippen LogP contribution in [0, 0.1) is 0 Å². The molecule has 1 aromatic carbocycles. The Morgan fingerprint density at radius 2 is 1.59 bits per heavy atom. The third-order valence-corrected chi connectivity index (χ3v) is 3.00. The van der Waals surface area contributed by atoms with Crippen molar-refractivity contribution in [2.24, 2.45) is 0 Å². The van der Waals surface area contributed by atoms with Crippen molar-refractivity contribution in [1.82, 2.24) is 0 Å². The van der Waals surface area contributed by atoms with Crippen molar-refractivity contribution >= 4 is 23.2 Å². The summed E-state index contributed by atoms with van der Waals surface area (Å²) in [5.74, 6) is 0.740. The molecule has 0 amide bonds. The number of benzene rings is 1. The lowest BCUT2D eigenvalue weighted by Gasteiger charge is -2.15. The lowest BCUT2D eigenvalue weighted by Crippen LogP contribution is -3.12. The monoisotopic (exact) mass is 297 g/mol. The van der Waals surface area contributed by atoms with Gasteiger partial charge in [0.2, 0.25) is 0 Å². The molecule has 2 nitrogen and oxygen atoms in total. The van der Waals surface area contributed by atoms with E-state index in [0.29, 0.717) is 16.7 Å². The average Bonchev–Trinajstić information content (AvgIpc) is 2.23. The van der Waals surface area contributed by atoms with Gasteiger partial charge in [-0.15, -0.1) is 0 Å². The Balaban J connectivity index is 0.00000256. The van der Waals surface area contributed by atoms with E-state index in [9.17, 15) is 0 Å². The van der Waals surface area contributed by atoms with E-state index in [-0.39, 0.29) is 12.4 Å². The molecule has 0 radical (unpaired) electrons. The second kappa shape index (κ2) is 8.87. The van der Waals surface area contributed by atoms with Gasteiger partial charge in [0.05, 0.1) is 13.1 Å². The summed E-state index contributed by atoms with van der Waals surface area (Å²) in [6, 6.07) is 5.27. The first kappa shape index (κ1) is 16.9. The molecule has 0 unspecified atom stereocenters. The minimum atomic E-state index is 0. The van der Waals surface area contributed by atoms with Crippen molar-refractivity contribution in [3.05, 3.63) is 28.2 Å². The minimum absolute atomic E-state index is 0. The van der Waals surface area contributed by atoms with Crippen LogP contribution in [0.2, 0.25) is 10.0 Å². The summed E-state index contributed by atoms with van der Waals surface area (Å²) in [7, 11) is 0. The van der Waals surface area contributed by atoms with Crippen molar-refractivity contribution in [2.75, 3.05) is 26.2 Å². The molecule has 0 aliphatic carbocycles. The molecular weight excluding hydrogens is 280 g/mol. The Morgan fingerprint density at radius 3 is 2.06 bits per heavy atom. The summed E-state index contributed by atoms with van der Waals surface area (Å²) >= 11 is 11.8. The molecule has 0 fully saturated rings. The van der Waals surface area contributed by atoms with Gasteiger partial charge >= 0.3 is 0 Å². The Morgan fingerprint density at radius 1 is 1.06 bits per heavy atom. The van der Waals surface area contributed by atoms with Crippen LogP contribution in [0.4, 0.5) is 0 Å². The highest BCUT2D eigenvalue weighted by atomic mass is 35.5.